The predicted octanol–water partition coefficient (Wildman–Crippen LogP) is 1.25. The Hall–Kier alpha value is -0.690. The van der Waals surface area contributed by atoms with Gasteiger partial charge >= 0.3 is 0 Å². The molecule has 0 spiro atoms. The molecule has 4 nitrogen and oxygen atoms in total. The number of hydrogen-bond acceptors (Lipinski definition) is 3. The van der Waals surface area contributed by atoms with Crippen LogP contribution < -0.4 is 10.5 Å². The summed E-state index contributed by atoms with van der Waals surface area (Å²) < 4.78 is 38.4. The molecule has 0 aliphatic rings. The summed E-state index contributed by atoms with van der Waals surface area (Å²) in [6, 6.07) is 4.04. The Kier molecular flexibility index (Phi) is 4.88. The molecule has 0 aliphatic heterocycles. The average molecular weight is 281 g/mol. The summed E-state index contributed by atoms with van der Waals surface area (Å²) in [6.07, 6.45) is 0. The smallest absolute Gasteiger partial charge is 0.215 e. The summed E-state index contributed by atoms with van der Waals surface area (Å²) >= 11 is 5.58. The lowest BCUT2D eigenvalue weighted by Gasteiger charge is -2.11. The van der Waals surface area contributed by atoms with Crippen molar-refractivity contribution in [2.24, 2.45) is 5.73 Å². The summed E-state index contributed by atoms with van der Waals surface area (Å²) in [5, 5.41) is -0.702. The van der Waals surface area contributed by atoms with Crippen LogP contribution >= 0.6 is 11.6 Å². The number of hydrogen-bond donors (Lipinski definition) is 2. The lowest BCUT2D eigenvalue weighted by Crippen LogP contribution is -2.36. The Morgan fingerprint density at radius 2 is 2.18 bits per heavy atom. The quantitative estimate of drug-likeness (QED) is 0.852. The molecule has 1 aromatic carbocycles. The minimum atomic E-state index is -3.44. The van der Waals surface area contributed by atoms with Crippen LogP contribution in [0.1, 0.15) is 12.5 Å². The Bertz CT molecular complexity index is 493. The summed E-state index contributed by atoms with van der Waals surface area (Å²) in [5.74, 6) is -0.534. The van der Waals surface area contributed by atoms with Gasteiger partial charge in [-0.15, -0.1) is 0 Å². The van der Waals surface area contributed by atoms with Gasteiger partial charge in [0.1, 0.15) is 5.82 Å². The lowest BCUT2D eigenvalue weighted by atomic mass is 10.2. The van der Waals surface area contributed by atoms with E-state index in [2.05, 4.69) is 4.72 Å². The van der Waals surface area contributed by atoms with Gasteiger partial charge in [0.15, 0.2) is 0 Å². The van der Waals surface area contributed by atoms with E-state index in [1.54, 1.807) is 0 Å². The van der Waals surface area contributed by atoms with Crippen molar-refractivity contribution in [2.75, 3.05) is 6.54 Å². The van der Waals surface area contributed by atoms with Crippen molar-refractivity contribution in [2.45, 2.75) is 18.7 Å². The van der Waals surface area contributed by atoms with E-state index in [0.717, 1.165) is 0 Å². The highest BCUT2D eigenvalue weighted by Gasteiger charge is 2.18. The number of halogens is 2. The summed E-state index contributed by atoms with van der Waals surface area (Å²) in [4.78, 5) is 0. The minimum Gasteiger partial charge on any atom is -0.329 e. The monoisotopic (exact) mass is 280 g/mol. The highest BCUT2D eigenvalue weighted by atomic mass is 35.5. The molecule has 17 heavy (non-hydrogen) atoms. The van der Waals surface area contributed by atoms with Crippen molar-refractivity contribution < 1.29 is 12.8 Å². The number of rotatable bonds is 5. The fourth-order valence-corrected chi connectivity index (χ4v) is 2.21. The fourth-order valence-electron chi connectivity index (χ4n) is 1.10. The van der Waals surface area contributed by atoms with E-state index in [-0.39, 0.29) is 18.1 Å². The number of nitrogens with one attached hydrogen (secondary N) is 1. The number of benzene rings is 1. The van der Waals surface area contributed by atoms with E-state index in [4.69, 9.17) is 17.3 Å². The van der Waals surface area contributed by atoms with Crippen molar-refractivity contribution in [3.63, 3.8) is 0 Å². The molecule has 0 saturated heterocycles. The molecule has 0 bridgehead atoms. The highest BCUT2D eigenvalue weighted by molar-refractivity contribution is 7.90. The van der Waals surface area contributed by atoms with Crippen molar-refractivity contribution in [3.05, 3.63) is 34.6 Å². The largest absolute Gasteiger partial charge is 0.329 e. The van der Waals surface area contributed by atoms with Crippen LogP contribution in [0.5, 0.6) is 0 Å². The SMILES string of the molecule is CC(CN)S(=O)(=O)NCc1ccc(F)c(Cl)c1. The first-order valence-electron chi connectivity index (χ1n) is 4.99. The van der Waals surface area contributed by atoms with Gasteiger partial charge in [-0.1, -0.05) is 17.7 Å². The molecule has 1 unspecified atom stereocenters. The zero-order valence-electron chi connectivity index (χ0n) is 9.28. The van der Waals surface area contributed by atoms with Crippen molar-refractivity contribution >= 4 is 21.6 Å². The molecule has 96 valence electrons. The molecule has 1 rings (SSSR count). The Balaban J connectivity index is 2.71. The van der Waals surface area contributed by atoms with Gasteiger partial charge in [-0.25, -0.2) is 17.5 Å². The van der Waals surface area contributed by atoms with Crippen LogP contribution in [0.4, 0.5) is 4.39 Å². The maximum absolute atomic E-state index is 12.9. The van der Waals surface area contributed by atoms with Gasteiger partial charge in [-0.2, -0.15) is 0 Å². The van der Waals surface area contributed by atoms with Crippen molar-refractivity contribution in [1.29, 1.82) is 0 Å². The van der Waals surface area contributed by atoms with Crippen LogP contribution in [-0.2, 0) is 16.6 Å². The van der Waals surface area contributed by atoms with Gasteiger partial charge in [0.25, 0.3) is 0 Å². The van der Waals surface area contributed by atoms with Crippen molar-refractivity contribution in [3.8, 4) is 0 Å². The van der Waals surface area contributed by atoms with E-state index in [0.29, 0.717) is 5.56 Å². The Morgan fingerprint density at radius 3 is 2.71 bits per heavy atom. The number of nitrogens with two attached hydrogens (primary N) is 1. The second-order valence-corrected chi connectivity index (χ2v) is 6.25. The van der Waals surface area contributed by atoms with Gasteiger partial charge in [0, 0.05) is 13.1 Å². The molecular formula is C10H14ClFN2O2S. The Labute approximate surface area is 105 Å². The van der Waals surface area contributed by atoms with Crippen LogP contribution in [0.15, 0.2) is 18.2 Å². The van der Waals surface area contributed by atoms with E-state index in [1.807, 2.05) is 0 Å². The average Bonchev–Trinajstić information content (AvgIpc) is 2.29. The standard InChI is InChI=1S/C10H14ClFN2O2S/c1-7(5-13)17(15,16)14-6-8-2-3-10(12)9(11)4-8/h2-4,7,14H,5-6,13H2,1H3. The van der Waals surface area contributed by atoms with Gasteiger partial charge < -0.3 is 5.73 Å². The van der Waals surface area contributed by atoms with E-state index in [1.165, 1.54) is 25.1 Å². The van der Waals surface area contributed by atoms with Gasteiger partial charge in [-0.3, -0.25) is 0 Å². The maximum atomic E-state index is 12.9. The normalized spacial score (nSPS) is 13.6. The van der Waals surface area contributed by atoms with Crippen molar-refractivity contribution in [1.82, 2.24) is 4.72 Å². The molecule has 1 atom stereocenters. The van der Waals surface area contributed by atoms with Crippen LogP contribution in [0.3, 0.4) is 0 Å². The zero-order valence-corrected chi connectivity index (χ0v) is 10.9. The third-order valence-electron chi connectivity index (χ3n) is 2.32. The third kappa shape index (κ3) is 3.92. The van der Waals surface area contributed by atoms with Crippen LogP contribution in [-0.4, -0.2) is 20.2 Å². The second kappa shape index (κ2) is 5.77. The van der Waals surface area contributed by atoms with E-state index in [9.17, 15) is 12.8 Å². The van der Waals surface area contributed by atoms with Gasteiger partial charge in [-0.05, 0) is 24.6 Å². The zero-order chi connectivity index (χ0) is 13.1. The lowest BCUT2D eigenvalue weighted by molar-refractivity contribution is 0.568. The number of sulfonamides is 1. The molecule has 0 aliphatic carbocycles. The second-order valence-electron chi connectivity index (χ2n) is 3.66. The molecule has 0 amide bonds. The molecule has 0 fully saturated rings. The molecule has 0 heterocycles. The van der Waals surface area contributed by atoms with Gasteiger partial charge in [0.05, 0.1) is 10.3 Å². The first kappa shape index (κ1) is 14.4. The summed E-state index contributed by atoms with van der Waals surface area (Å²) in [7, 11) is -3.44. The summed E-state index contributed by atoms with van der Waals surface area (Å²) in [5.41, 5.74) is 5.87. The molecule has 0 saturated carbocycles. The van der Waals surface area contributed by atoms with Crippen LogP contribution in [0, 0.1) is 5.82 Å². The van der Waals surface area contributed by atoms with Gasteiger partial charge in [0.2, 0.25) is 10.0 Å². The molecular weight excluding hydrogens is 267 g/mol. The van der Waals surface area contributed by atoms with Crippen LogP contribution in [0.2, 0.25) is 5.02 Å². The fraction of sp³-hybridized carbons (Fsp3) is 0.400. The molecule has 0 radical (unpaired) electrons. The predicted molar refractivity (Wildman–Crippen MR) is 65.7 cm³/mol. The first-order chi connectivity index (χ1) is 7.86. The topological polar surface area (TPSA) is 72.2 Å². The van der Waals surface area contributed by atoms with E-state index >= 15 is 0 Å². The third-order valence-corrected chi connectivity index (χ3v) is 4.41. The van der Waals surface area contributed by atoms with E-state index < -0.39 is 21.1 Å². The molecule has 1 aromatic rings. The molecule has 0 aromatic heterocycles. The Morgan fingerprint density at radius 1 is 1.53 bits per heavy atom. The van der Waals surface area contributed by atoms with Crippen LogP contribution in [0.25, 0.3) is 0 Å². The first-order valence-corrected chi connectivity index (χ1v) is 6.91. The maximum Gasteiger partial charge on any atom is 0.215 e. The summed E-state index contributed by atoms with van der Waals surface area (Å²) in [6.45, 7) is 1.62. The minimum absolute atomic E-state index is 0.0337. The molecule has 3 N–H and O–H groups in total. The molecule has 7 heteroatoms. The highest BCUT2D eigenvalue weighted by Crippen LogP contribution is 2.16.